The summed E-state index contributed by atoms with van der Waals surface area (Å²) in [6, 6.07) is 13.9. The summed E-state index contributed by atoms with van der Waals surface area (Å²) in [7, 11) is 2.70. The third-order valence-corrected chi connectivity index (χ3v) is 5.28. The second-order valence-electron chi connectivity index (χ2n) is 7.75. The number of urea groups is 1. The van der Waals surface area contributed by atoms with Crippen molar-refractivity contribution in [3.63, 3.8) is 0 Å². The Labute approximate surface area is 206 Å². The number of nitrogens with zero attached hydrogens (tertiary/aromatic N) is 1. The Morgan fingerprint density at radius 3 is 2.56 bits per heavy atom. The molecule has 0 radical (unpaired) electrons. The highest BCUT2D eigenvalue weighted by Gasteiger charge is 2.36. The average molecular weight is 490 g/mol. The van der Waals surface area contributed by atoms with Crippen molar-refractivity contribution in [2.24, 2.45) is 0 Å². The lowest BCUT2D eigenvalue weighted by Gasteiger charge is -2.26. The van der Waals surface area contributed by atoms with Crippen LogP contribution in [-0.2, 0) is 20.9 Å². The lowest BCUT2D eigenvalue weighted by Crippen LogP contribution is -2.54. The number of carbonyl (C=O) groups excluding carboxylic acids is 4. The zero-order chi connectivity index (χ0) is 25.8. The maximum Gasteiger partial charge on any atom is 0.373 e. The summed E-state index contributed by atoms with van der Waals surface area (Å²) in [5.74, 6) is -0.987. The van der Waals surface area contributed by atoms with Gasteiger partial charge in [0.05, 0.1) is 19.9 Å². The minimum absolute atomic E-state index is 0.0161. The number of rotatable bonds is 7. The van der Waals surface area contributed by atoms with Gasteiger partial charge in [0.25, 0.3) is 11.8 Å². The van der Waals surface area contributed by atoms with E-state index in [9.17, 15) is 19.2 Å². The van der Waals surface area contributed by atoms with Gasteiger partial charge in [0.15, 0.2) is 11.5 Å². The summed E-state index contributed by atoms with van der Waals surface area (Å²) in [5.41, 5.74) is 1.47. The summed E-state index contributed by atoms with van der Waals surface area (Å²) in [4.78, 5) is 50.4. The third kappa shape index (κ3) is 4.97. The molecule has 1 aliphatic heterocycles. The molecule has 2 heterocycles. The number of benzene rings is 2. The molecule has 3 aromatic rings. The van der Waals surface area contributed by atoms with Crippen molar-refractivity contribution >= 4 is 35.6 Å². The highest BCUT2D eigenvalue weighted by molar-refractivity contribution is 6.39. The number of carbonyl (C=O) groups is 4. The van der Waals surface area contributed by atoms with Gasteiger partial charge in [-0.3, -0.25) is 14.9 Å². The minimum atomic E-state index is -0.817. The molecule has 1 aliphatic rings. The van der Waals surface area contributed by atoms with Gasteiger partial charge in [0, 0.05) is 0 Å². The van der Waals surface area contributed by atoms with Crippen LogP contribution in [0.5, 0.6) is 11.5 Å². The van der Waals surface area contributed by atoms with Gasteiger partial charge in [-0.15, -0.1) is 0 Å². The molecule has 1 fully saturated rings. The first-order valence-electron chi connectivity index (χ1n) is 10.8. The van der Waals surface area contributed by atoms with Gasteiger partial charge in [-0.25, -0.2) is 14.5 Å². The molecule has 0 spiro atoms. The van der Waals surface area contributed by atoms with Crippen LogP contribution < -0.4 is 19.7 Å². The molecule has 1 N–H and O–H groups in total. The van der Waals surface area contributed by atoms with Crippen LogP contribution >= 0.6 is 0 Å². The van der Waals surface area contributed by atoms with Gasteiger partial charge in [0.2, 0.25) is 5.76 Å². The number of anilines is 1. The Morgan fingerprint density at radius 2 is 1.83 bits per heavy atom. The van der Waals surface area contributed by atoms with Crippen LogP contribution in [0.2, 0.25) is 0 Å². The van der Waals surface area contributed by atoms with E-state index in [1.807, 2.05) is 13.0 Å². The first-order chi connectivity index (χ1) is 17.3. The molecule has 0 aliphatic carbocycles. The Balaban J connectivity index is 1.56. The predicted octanol–water partition coefficient (Wildman–Crippen LogP) is 3.63. The number of esters is 1. The molecule has 0 unspecified atom stereocenters. The molecule has 0 atom stereocenters. The zero-order valence-electron chi connectivity index (χ0n) is 19.7. The molecular weight excluding hydrogens is 468 g/mol. The minimum Gasteiger partial charge on any atom is -0.493 e. The topological polar surface area (TPSA) is 124 Å². The first-order valence-corrected chi connectivity index (χ1v) is 10.8. The molecule has 10 heteroatoms. The smallest absolute Gasteiger partial charge is 0.373 e. The SMILES string of the molecule is COC(=O)c1ccc(COc2ccc(C=C3C(=O)NC(=O)N(c4cccc(C)c4)C3=O)cc2OC)o1. The summed E-state index contributed by atoms with van der Waals surface area (Å²) in [5, 5.41) is 2.20. The van der Waals surface area contributed by atoms with E-state index in [0.29, 0.717) is 28.5 Å². The lowest BCUT2D eigenvalue weighted by atomic mass is 10.1. The molecule has 36 heavy (non-hydrogen) atoms. The fourth-order valence-corrected chi connectivity index (χ4v) is 3.53. The van der Waals surface area contributed by atoms with Crippen molar-refractivity contribution in [1.82, 2.24) is 5.32 Å². The number of methoxy groups -OCH3 is 2. The quantitative estimate of drug-likeness (QED) is 0.303. The highest BCUT2D eigenvalue weighted by Crippen LogP contribution is 2.31. The van der Waals surface area contributed by atoms with Gasteiger partial charge < -0.3 is 18.6 Å². The second-order valence-corrected chi connectivity index (χ2v) is 7.75. The summed E-state index contributed by atoms with van der Waals surface area (Å²) >= 11 is 0. The average Bonchev–Trinajstić information content (AvgIpc) is 3.34. The van der Waals surface area contributed by atoms with Crippen molar-refractivity contribution in [2.45, 2.75) is 13.5 Å². The molecule has 10 nitrogen and oxygen atoms in total. The molecular formula is C26H22N2O8. The fourth-order valence-electron chi connectivity index (χ4n) is 3.53. The number of hydrogen-bond acceptors (Lipinski definition) is 8. The largest absolute Gasteiger partial charge is 0.493 e. The number of amides is 4. The fraction of sp³-hybridized carbons (Fsp3) is 0.154. The second kappa shape index (κ2) is 10.2. The van der Waals surface area contributed by atoms with Crippen molar-refractivity contribution in [1.29, 1.82) is 0 Å². The molecule has 4 rings (SSSR count). The van der Waals surface area contributed by atoms with E-state index >= 15 is 0 Å². The monoisotopic (exact) mass is 490 g/mol. The molecule has 184 valence electrons. The lowest BCUT2D eigenvalue weighted by molar-refractivity contribution is -0.122. The highest BCUT2D eigenvalue weighted by atomic mass is 16.5. The van der Waals surface area contributed by atoms with E-state index in [0.717, 1.165) is 10.5 Å². The van der Waals surface area contributed by atoms with Gasteiger partial charge >= 0.3 is 12.0 Å². The molecule has 0 saturated carbocycles. The summed E-state index contributed by atoms with van der Waals surface area (Å²) < 4.78 is 21.1. The first kappa shape index (κ1) is 24.3. The Morgan fingerprint density at radius 1 is 1.03 bits per heavy atom. The maximum atomic E-state index is 13.1. The van der Waals surface area contributed by atoms with E-state index in [1.54, 1.807) is 42.5 Å². The number of ether oxygens (including phenoxy) is 3. The molecule has 1 aromatic heterocycles. The van der Waals surface area contributed by atoms with Crippen molar-refractivity contribution in [3.8, 4) is 11.5 Å². The summed E-state index contributed by atoms with van der Waals surface area (Å²) in [6.45, 7) is 1.85. The Bertz CT molecular complexity index is 1390. The number of nitrogens with one attached hydrogen (secondary N) is 1. The molecule has 2 aromatic carbocycles. The van der Waals surface area contributed by atoms with E-state index < -0.39 is 23.8 Å². The van der Waals surface area contributed by atoms with Gasteiger partial charge in [-0.2, -0.15) is 0 Å². The van der Waals surface area contributed by atoms with Gasteiger partial charge in [-0.05, 0) is 60.5 Å². The maximum absolute atomic E-state index is 13.1. The predicted molar refractivity (Wildman–Crippen MR) is 128 cm³/mol. The third-order valence-electron chi connectivity index (χ3n) is 5.28. The van der Waals surface area contributed by atoms with E-state index in [2.05, 4.69) is 10.1 Å². The number of barbiturate groups is 1. The van der Waals surface area contributed by atoms with E-state index in [4.69, 9.17) is 13.9 Å². The van der Waals surface area contributed by atoms with Crippen molar-refractivity contribution in [3.05, 3.63) is 82.8 Å². The van der Waals surface area contributed by atoms with Crippen molar-refractivity contribution < 1.29 is 37.8 Å². The number of hydrogen-bond donors (Lipinski definition) is 1. The molecule has 0 bridgehead atoms. The van der Waals surface area contributed by atoms with Gasteiger partial charge in [-0.1, -0.05) is 18.2 Å². The van der Waals surface area contributed by atoms with Crippen LogP contribution in [-0.4, -0.2) is 38.0 Å². The molecule has 1 saturated heterocycles. The zero-order valence-corrected chi connectivity index (χ0v) is 19.7. The van der Waals surface area contributed by atoms with Crippen LogP contribution in [0.25, 0.3) is 6.08 Å². The van der Waals surface area contributed by atoms with Crippen LogP contribution in [0.3, 0.4) is 0 Å². The number of imide groups is 2. The van der Waals surface area contributed by atoms with Crippen LogP contribution in [0, 0.1) is 6.92 Å². The van der Waals surface area contributed by atoms with Crippen LogP contribution in [0.4, 0.5) is 10.5 Å². The number of furan rings is 1. The normalized spacial score (nSPS) is 14.6. The van der Waals surface area contributed by atoms with Crippen molar-refractivity contribution in [2.75, 3.05) is 19.1 Å². The summed E-state index contributed by atoms with van der Waals surface area (Å²) in [6.07, 6.45) is 1.37. The standard InChI is InChI=1S/C26H22N2O8/c1-15-5-4-6-17(11-15)28-24(30)19(23(29)27-26(28)32)12-16-7-9-20(22(13-16)33-2)35-14-18-8-10-21(36-18)25(31)34-3/h4-13H,14H2,1-3H3,(H,27,29,32). The number of aryl methyl sites for hydroxylation is 1. The van der Waals surface area contributed by atoms with Gasteiger partial charge in [0.1, 0.15) is 17.9 Å². The Kier molecular flexibility index (Phi) is 6.86. The van der Waals surface area contributed by atoms with E-state index in [1.165, 1.54) is 26.4 Å². The molecule has 4 amide bonds. The van der Waals surface area contributed by atoms with Crippen LogP contribution in [0.15, 0.2) is 64.6 Å². The Hall–Kier alpha value is -4.86. The van der Waals surface area contributed by atoms with Crippen LogP contribution in [0.1, 0.15) is 27.4 Å². The van der Waals surface area contributed by atoms with E-state index in [-0.39, 0.29) is 17.9 Å².